The van der Waals surface area contributed by atoms with Gasteiger partial charge in [0.25, 0.3) is 0 Å². The van der Waals surface area contributed by atoms with Gasteiger partial charge >= 0.3 is 0 Å². The van der Waals surface area contributed by atoms with Crippen LogP contribution < -0.4 is 10.1 Å². The average molecular weight is 363 g/mol. The standard InChI is InChI=1S/C21H21N3O3/c1-27-16-8-6-14(7-9-16)20-21(26)22-10-11-24(20)19(25)12-15-13-23-18-5-3-2-4-17(15)18/h2-9,13,20,23H,10-12H2,1H3,(H,22,26). The van der Waals surface area contributed by atoms with Crippen LogP contribution in [-0.4, -0.2) is 41.9 Å². The van der Waals surface area contributed by atoms with E-state index in [4.69, 9.17) is 4.74 Å². The lowest BCUT2D eigenvalue weighted by atomic mass is 10.0. The number of H-pyrrole nitrogens is 1. The lowest BCUT2D eigenvalue weighted by molar-refractivity contribution is -0.143. The minimum atomic E-state index is -0.623. The fourth-order valence-corrected chi connectivity index (χ4v) is 3.60. The molecule has 3 aromatic rings. The number of rotatable bonds is 4. The Kier molecular flexibility index (Phi) is 4.54. The number of amides is 2. The molecule has 1 aliphatic heterocycles. The molecule has 2 aromatic carbocycles. The zero-order chi connectivity index (χ0) is 18.8. The Hall–Kier alpha value is -3.28. The molecule has 0 radical (unpaired) electrons. The number of hydrogen-bond donors (Lipinski definition) is 2. The van der Waals surface area contributed by atoms with Crippen LogP contribution in [0.25, 0.3) is 10.9 Å². The van der Waals surface area contributed by atoms with Gasteiger partial charge in [-0.2, -0.15) is 0 Å². The van der Waals surface area contributed by atoms with Crippen LogP contribution in [0.1, 0.15) is 17.2 Å². The Balaban J connectivity index is 1.60. The summed E-state index contributed by atoms with van der Waals surface area (Å²) in [7, 11) is 1.60. The first-order valence-electron chi connectivity index (χ1n) is 8.93. The zero-order valence-corrected chi connectivity index (χ0v) is 15.1. The van der Waals surface area contributed by atoms with Gasteiger partial charge in [0.2, 0.25) is 11.8 Å². The zero-order valence-electron chi connectivity index (χ0n) is 15.1. The van der Waals surface area contributed by atoms with E-state index in [1.54, 1.807) is 24.1 Å². The number of fused-ring (bicyclic) bond motifs is 1. The molecule has 0 bridgehead atoms. The minimum Gasteiger partial charge on any atom is -0.497 e. The third kappa shape index (κ3) is 3.26. The SMILES string of the molecule is COc1ccc(C2C(=O)NCCN2C(=O)Cc2c[nH]c3ccccc23)cc1. The van der Waals surface area contributed by atoms with E-state index in [2.05, 4.69) is 10.3 Å². The van der Waals surface area contributed by atoms with E-state index < -0.39 is 6.04 Å². The Morgan fingerprint density at radius 3 is 2.74 bits per heavy atom. The number of aromatic amines is 1. The lowest BCUT2D eigenvalue weighted by Crippen LogP contribution is -2.52. The Morgan fingerprint density at radius 1 is 1.19 bits per heavy atom. The van der Waals surface area contributed by atoms with Crippen molar-refractivity contribution in [2.45, 2.75) is 12.5 Å². The second-order valence-electron chi connectivity index (χ2n) is 6.59. The molecule has 2 heterocycles. The molecular formula is C21H21N3O3. The van der Waals surface area contributed by atoms with E-state index in [9.17, 15) is 9.59 Å². The summed E-state index contributed by atoms with van der Waals surface area (Å²) in [5, 5.41) is 3.90. The molecule has 1 atom stereocenters. The van der Waals surface area contributed by atoms with Gasteiger partial charge in [-0.1, -0.05) is 30.3 Å². The summed E-state index contributed by atoms with van der Waals surface area (Å²) in [6.45, 7) is 0.953. The van der Waals surface area contributed by atoms with Crippen molar-refractivity contribution in [2.24, 2.45) is 0 Å². The number of aromatic nitrogens is 1. The predicted octanol–water partition coefficient (Wildman–Crippen LogP) is 2.42. The molecule has 6 heteroatoms. The highest BCUT2D eigenvalue weighted by molar-refractivity contribution is 5.93. The van der Waals surface area contributed by atoms with Gasteiger partial charge in [0.05, 0.1) is 13.5 Å². The first-order valence-corrected chi connectivity index (χ1v) is 8.93. The molecule has 1 unspecified atom stereocenters. The van der Waals surface area contributed by atoms with Crippen molar-refractivity contribution in [3.63, 3.8) is 0 Å². The third-order valence-corrected chi connectivity index (χ3v) is 4.98. The van der Waals surface area contributed by atoms with Crippen LogP contribution in [-0.2, 0) is 16.0 Å². The van der Waals surface area contributed by atoms with Crippen molar-refractivity contribution < 1.29 is 14.3 Å². The maximum Gasteiger partial charge on any atom is 0.247 e. The van der Waals surface area contributed by atoms with Crippen LogP contribution in [0.4, 0.5) is 0 Å². The summed E-state index contributed by atoms with van der Waals surface area (Å²) in [6.07, 6.45) is 2.12. The van der Waals surface area contributed by atoms with Gasteiger partial charge in [0.15, 0.2) is 0 Å². The summed E-state index contributed by atoms with van der Waals surface area (Å²) >= 11 is 0. The Bertz CT molecular complexity index is 978. The number of para-hydroxylation sites is 1. The van der Waals surface area contributed by atoms with E-state index in [0.29, 0.717) is 18.8 Å². The third-order valence-electron chi connectivity index (χ3n) is 4.98. The lowest BCUT2D eigenvalue weighted by Gasteiger charge is -2.35. The first-order chi connectivity index (χ1) is 13.2. The summed E-state index contributed by atoms with van der Waals surface area (Å²) in [4.78, 5) is 30.5. The fourth-order valence-electron chi connectivity index (χ4n) is 3.60. The van der Waals surface area contributed by atoms with Crippen LogP contribution in [0.3, 0.4) is 0 Å². The van der Waals surface area contributed by atoms with Crippen LogP contribution in [0.15, 0.2) is 54.7 Å². The largest absolute Gasteiger partial charge is 0.497 e. The number of methoxy groups -OCH3 is 1. The van der Waals surface area contributed by atoms with Crippen LogP contribution in [0.2, 0.25) is 0 Å². The molecule has 2 N–H and O–H groups in total. The normalized spacial score (nSPS) is 17.0. The first kappa shape index (κ1) is 17.1. The van der Waals surface area contributed by atoms with Gasteiger partial charge in [-0.25, -0.2) is 0 Å². The van der Waals surface area contributed by atoms with Gasteiger partial charge < -0.3 is 19.9 Å². The highest BCUT2D eigenvalue weighted by atomic mass is 16.5. The topological polar surface area (TPSA) is 74.4 Å². The fraction of sp³-hybridized carbons (Fsp3) is 0.238. The van der Waals surface area contributed by atoms with Crippen molar-refractivity contribution >= 4 is 22.7 Å². The molecule has 6 nitrogen and oxygen atoms in total. The number of nitrogens with one attached hydrogen (secondary N) is 2. The highest BCUT2D eigenvalue weighted by Crippen LogP contribution is 2.27. The van der Waals surface area contributed by atoms with Crippen LogP contribution in [0.5, 0.6) is 5.75 Å². The number of piperazine rings is 1. The number of ether oxygens (including phenoxy) is 1. The summed E-state index contributed by atoms with van der Waals surface area (Å²) in [6, 6.07) is 14.6. The van der Waals surface area contributed by atoms with E-state index >= 15 is 0 Å². The van der Waals surface area contributed by atoms with Crippen molar-refractivity contribution in [3.05, 3.63) is 65.9 Å². The van der Waals surface area contributed by atoms with Crippen LogP contribution in [0, 0.1) is 0 Å². The molecule has 27 heavy (non-hydrogen) atoms. The van der Waals surface area contributed by atoms with E-state index in [1.807, 2.05) is 42.6 Å². The second-order valence-corrected chi connectivity index (χ2v) is 6.59. The summed E-state index contributed by atoms with van der Waals surface area (Å²) < 4.78 is 5.18. The monoisotopic (exact) mass is 363 g/mol. The maximum absolute atomic E-state index is 13.1. The molecule has 0 spiro atoms. The van der Waals surface area contributed by atoms with Crippen molar-refractivity contribution in [1.82, 2.24) is 15.2 Å². The molecule has 0 saturated carbocycles. The van der Waals surface area contributed by atoms with Gasteiger partial charge in [-0.05, 0) is 29.3 Å². The van der Waals surface area contributed by atoms with E-state index in [1.165, 1.54) is 0 Å². The molecule has 1 saturated heterocycles. The highest BCUT2D eigenvalue weighted by Gasteiger charge is 2.34. The maximum atomic E-state index is 13.1. The van der Waals surface area contributed by atoms with Gasteiger partial charge in [0, 0.05) is 30.2 Å². The summed E-state index contributed by atoms with van der Waals surface area (Å²) in [5.41, 5.74) is 2.72. The summed E-state index contributed by atoms with van der Waals surface area (Å²) in [5.74, 6) is 0.501. The van der Waals surface area contributed by atoms with Gasteiger partial charge in [0.1, 0.15) is 11.8 Å². The molecule has 4 rings (SSSR count). The number of carbonyl (C=O) groups excluding carboxylic acids is 2. The number of benzene rings is 2. The van der Waals surface area contributed by atoms with Crippen molar-refractivity contribution in [3.8, 4) is 5.75 Å². The van der Waals surface area contributed by atoms with Crippen LogP contribution >= 0.6 is 0 Å². The van der Waals surface area contributed by atoms with E-state index in [0.717, 1.165) is 22.0 Å². The minimum absolute atomic E-state index is 0.0598. The molecule has 138 valence electrons. The molecular weight excluding hydrogens is 342 g/mol. The van der Waals surface area contributed by atoms with Crippen molar-refractivity contribution in [1.29, 1.82) is 0 Å². The quantitative estimate of drug-likeness (QED) is 0.748. The second kappa shape index (κ2) is 7.15. The molecule has 1 aromatic heterocycles. The Labute approximate surface area is 157 Å². The molecule has 2 amide bonds. The van der Waals surface area contributed by atoms with Gasteiger partial charge in [-0.15, -0.1) is 0 Å². The number of nitrogens with zero attached hydrogens (tertiary/aromatic N) is 1. The van der Waals surface area contributed by atoms with Crippen molar-refractivity contribution in [2.75, 3.05) is 20.2 Å². The van der Waals surface area contributed by atoms with Gasteiger partial charge in [-0.3, -0.25) is 9.59 Å². The molecule has 1 fully saturated rings. The van der Waals surface area contributed by atoms with E-state index in [-0.39, 0.29) is 18.2 Å². The predicted molar refractivity (Wildman–Crippen MR) is 102 cm³/mol. The number of carbonyl (C=O) groups is 2. The number of hydrogen-bond acceptors (Lipinski definition) is 3. The molecule has 1 aliphatic rings. The Morgan fingerprint density at radius 2 is 1.96 bits per heavy atom. The molecule has 0 aliphatic carbocycles. The average Bonchev–Trinajstić information content (AvgIpc) is 3.11. The smallest absolute Gasteiger partial charge is 0.247 e.